The molecule has 6 nitrogen and oxygen atoms in total. The Kier molecular flexibility index (Phi) is 5.65. The molecular weight excluding hydrogens is 376 g/mol. The van der Waals surface area contributed by atoms with Crippen molar-refractivity contribution in [1.29, 1.82) is 0 Å². The molecule has 2 aromatic carbocycles. The first-order valence-electron chi connectivity index (χ1n) is 8.96. The molecule has 0 fully saturated rings. The first-order chi connectivity index (χ1) is 13.3. The zero-order valence-electron chi connectivity index (χ0n) is 16.0. The van der Waals surface area contributed by atoms with Gasteiger partial charge < -0.3 is 4.74 Å². The maximum Gasteiger partial charge on any atom is 0.312 e. The van der Waals surface area contributed by atoms with Gasteiger partial charge in [0.25, 0.3) is 0 Å². The van der Waals surface area contributed by atoms with E-state index >= 15 is 0 Å². The molecule has 0 aliphatic heterocycles. The molecule has 0 aliphatic rings. The summed E-state index contributed by atoms with van der Waals surface area (Å²) in [5.74, 6) is -0.509. The second-order valence-electron chi connectivity index (χ2n) is 6.86. The van der Waals surface area contributed by atoms with Gasteiger partial charge >= 0.3 is 5.97 Å². The number of hydrogen-bond donors (Lipinski definition) is 0. The van der Waals surface area contributed by atoms with Crippen LogP contribution in [0.5, 0.6) is 5.88 Å². The standard InChI is InChI=1S/C21H22N2O4S/c1-15(2)14-19(24)27-21-20(28(25,26)18-12-8-5-9-13-18)16(3)22-23(21)17-10-6-4-7-11-17/h4-13,15H,14H2,1-3H3. The molecule has 28 heavy (non-hydrogen) atoms. The van der Waals surface area contributed by atoms with Crippen LogP contribution in [-0.2, 0) is 14.6 Å². The number of carbonyl (C=O) groups excluding carboxylic acids is 1. The van der Waals surface area contributed by atoms with Crippen molar-refractivity contribution < 1.29 is 17.9 Å². The Bertz CT molecular complexity index is 1070. The van der Waals surface area contributed by atoms with Crippen LogP contribution in [0.15, 0.2) is 70.5 Å². The van der Waals surface area contributed by atoms with E-state index in [-0.39, 0.29) is 33.7 Å². The molecule has 0 saturated carbocycles. The van der Waals surface area contributed by atoms with Crippen molar-refractivity contribution in [1.82, 2.24) is 9.78 Å². The van der Waals surface area contributed by atoms with Gasteiger partial charge in [0, 0.05) is 6.42 Å². The Labute approximate surface area is 164 Å². The largest absolute Gasteiger partial charge is 0.406 e. The molecule has 0 aliphatic carbocycles. The average molecular weight is 398 g/mol. The maximum atomic E-state index is 13.3. The number of benzene rings is 2. The lowest BCUT2D eigenvalue weighted by Crippen LogP contribution is -2.15. The zero-order valence-corrected chi connectivity index (χ0v) is 16.8. The minimum absolute atomic E-state index is 0.0795. The van der Waals surface area contributed by atoms with Gasteiger partial charge in [-0.1, -0.05) is 50.2 Å². The van der Waals surface area contributed by atoms with Gasteiger partial charge in [-0.15, -0.1) is 0 Å². The number of esters is 1. The lowest BCUT2D eigenvalue weighted by atomic mass is 10.1. The van der Waals surface area contributed by atoms with Crippen molar-refractivity contribution in [3.63, 3.8) is 0 Å². The highest BCUT2D eigenvalue weighted by Crippen LogP contribution is 2.34. The van der Waals surface area contributed by atoms with Crippen molar-refractivity contribution in [2.75, 3.05) is 0 Å². The second kappa shape index (κ2) is 7.98. The van der Waals surface area contributed by atoms with Crippen LogP contribution < -0.4 is 4.74 Å². The van der Waals surface area contributed by atoms with Gasteiger partial charge in [-0.05, 0) is 37.1 Å². The number of rotatable bonds is 6. The Morgan fingerprint density at radius 2 is 1.61 bits per heavy atom. The molecule has 0 unspecified atom stereocenters. The molecule has 0 radical (unpaired) electrons. The Balaban J connectivity index is 2.19. The maximum absolute atomic E-state index is 13.3. The topological polar surface area (TPSA) is 78.3 Å². The number of para-hydroxylation sites is 1. The molecule has 0 bridgehead atoms. The Hall–Kier alpha value is -2.93. The minimum Gasteiger partial charge on any atom is -0.406 e. The van der Waals surface area contributed by atoms with E-state index in [0.717, 1.165) is 0 Å². The highest BCUT2D eigenvalue weighted by atomic mass is 32.2. The summed E-state index contributed by atoms with van der Waals surface area (Å²) >= 11 is 0. The molecule has 146 valence electrons. The van der Waals surface area contributed by atoms with E-state index < -0.39 is 15.8 Å². The van der Waals surface area contributed by atoms with Crippen LogP contribution in [0.4, 0.5) is 0 Å². The third kappa shape index (κ3) is 3.99. The first-order valence-corrected chi connectivity index (χ1v) is 10.4. The lowest BCUT2D eigenvalue weighted by Gasteiger charge is -2.11. The molecule has 0 atom stereocenters. The van der Waals surface area contributed by atoms with Crippen LogP contribution >= 0.6 is 0 Å². The normalized spacial score (nSPS) is 11.6. The van der Waals surface area contributed by atoms with Gasteiger partial charge in [-0.2, -0.15) is 9.78 Å². The van der Waals surface area contributed by atoms with Crippen LogP contribution in [-0.4, -0.2) is 24.2 Å². The molecule has 3 rings (SSSR count). The summed E-state index contributed by atoms with van der Waals surface area (Å²) in [6.07, 6.45) is 0.170. The van der Waals surface area contributed by atoms with Crippen LogP contribution in [0.3, 0.4) is 0 Å². The summed E-state index contributed by atoms with van der Waals surface area (Å²) < 4.78 is 33.5. The minimum atomic E-state index is -3.92. The summed E-state index contributed by atoms with van der Waals surface area (Å²) in [5, 5.41) is 4.37. The first kappa shape index (κ1) is 19.8. The molecule has 1 aromatic heterocycles. The van der Waals surface area contributed by atoms with Gasteiger partial charge in [-0.3, -0.25) is 4.79 Å². The monoisotopic (exact) mass is 398 g/mol. The van der Waals surface area contributed by atoms with Gasteiger partial charge in [-0.25, -0.2) is 8.42 Å². The highest BCUT2D eigenvalue weighted by Gasteiger charge is 2.31. The van der Waals surface area contributed by atoms with Crippen molar-refractivity contribution >= 4 is 15.8 Å². The number of aromatic nitrogens is 2. The van der Waals surface area contributed by atoms with E-state index in [1.54, 1.807) is 49.4 Å². The molecule has 0 saturated heterocycles. The Morgan fingerprint density at radius 1 is 1.04 bits per heavy atom. The number of carbonyl (C=O) groups is 1. The van der Waals surface area contributed by atoms with E-state index in [1.165, 1.54) is 16.8 Å². The van der Waals surface area contributed by atoms with Crippen molar-refractivity contribution in [2.45, 2.75) is 37.0 Å². The number of aryl methyl sites for hydroxylation is 1. The summed E-state index contributed by atoms with van der Waals surface area (Å²) in [6, 6.07) is 17.0. The van der Waals surface area contributed by atoms with E-state index in [2.05, 4.69) is 5.10 Å². The third-order valence-electron chi connectivity index (χ3n) is 4.07. The summed E-state index contributed by atoms with van der Waals surface area (Å²) in [7, 11) is -3.92. The fourth-order valence-electron chi connectivity index (χ4n) is 2.84. The van der Waals surface area contributed by atoms with E-state index in [1.807, 2.05) is 19.9 Å². The number of hydrogen-bond acceptors (Lipinski definition) is 5. The molecule has 0 amide bonds. The SMILES string of the molecule is Cc1nn(-c2ccccc2)c(OC(=O)CC(C)C)c1S(=O)(=O)c1ccccc1. The van der Waals surface area contributed by atoms with Gasteiger partial charge in [0.05, 0.1) is 16.3 Å². The molecule has 1 heterocycles. The quantitative estimate of drug-likeness (QED) is 0.587. The fourth-order valence-corrected chi connectivity index (χ4v) is 4.37. The predicted octanol–water partition coefficient (Wildman–Crippen LogP) is 3.97. The van der Waals surface area contributed by atoms with Crippen LogP contribution in [0.25, 0.3) is 5.69 Å². The number of sulfone groups is 1. The van der Waals surface area contributed by atoms with E-state index in [4.69, 9.17) is 4.74 Å². The lowest BCUT2D eigenvalue weighted by molar-refractivity contribution is -0.135. The molecule has 0 N–H and O–H groups in total. The van der Waals surface area contributed by atoms with Crippen molar-refractivity contribution in [2.24, 2.45) is 5.92 Å². The molecular formula is C21H22N2O4S. The average Bonchev–Trinajstić information content (AvgIpc) is 2.99. The highest BCUT2D eigenvalue weighted by molar-refractivity contribution is 7.91. The third-order valence-corrected chi connectivity index (χ3v) is 5.97. The van der Waals surface area contributed by atoms with Crippen molar-refractivity contribution in [3.8, 4) is 11.6 Å². The summed E-state index contributed by atoms with van der Waals surface area (Å²) in [5.41, 5.74) is 0.868. The number of nitrogens with zero attached hydrogens (tertiary/aromatic N) is 2. The zero-order chi connectivity index (χ0) is 20.3. The van der Waals surface area contributed by atoms with E-state index in [0.29, 0.717) is 5.69 Å². The number of ether oxygens (including phenoxy) is 1. The Morgan fingerprint density at radius 3 is 2.18 bits per heavy atom. The second-order valence-corrected chi connectivity index (χ2v) is 8.74. The molecule has 3 aromatic rings. The van der Waals surface area contributed by atoms with Crippen LogP contribution in [0.2, 0.25) is 0 Å². The molecule has 7 heteroatoms. The van der Waals surface area contributed by atoms with Gasteiger partial charge in [0.1, 0.15) is 0 Å². The van der Waals surface area contributed by atoms with Crippen LogP contribution in [0, 0.1) is 12.8 Å². The van der Waals surface area contributed by atoms with Crippen molar-refractivity contribution in [3.05, 3.63) is 66.4 Å². The summed E-state index contributed by atoms with van der Waals surface area (Å²) in [4.78, 5) is 12.4. The van der Waals surface area contributed by atoms with Gasteiger partial charge in [0.15, 0.2) is 4.90 Å². The molecule has 0 spiro atoms. The van der Waals surface area contributed by atoms with Gasteiger partial charge in [0.2, 0.25) is 15.7 Å². The van der Waals surface area contributed by atoms with E-state index in [9.17, 15) is 13.2 Å². The predicted molar refractivity (Wildman–Crippen MR) is 105 cm³/mol. The van der Waals surface area contributed by atoms with Crippen LogP contribution in [0.1, 0.15) is 26.0 Å². The smallest absolute Gasteiger partial charge is 0.312 e. The fraction of sp³-hybridized carbons (Fsp3) is 0.238. The summed E-state index contributed by atoms with van der Waals surface area (Å²) in [6.45, 7) is 5.38.